The van der Waals surface area contributed by atoms with Crippen LogP contribution in [0.15, 0.2) is 30.3 Å². The molecule has 0 aliphatic heterocycles. The van der Waals surface area contributed by atoms with Crippen molar-refractivity contribution >= 4 is 6.09 Å². The van der Waals surface area contributed by atoms with Gasteiger partial charge in [0, 0.05) is 25.2 Å². The van der Waals surface area contributed by atoms with E-state index in [2.05, 4.69) is 36.5 Å². The predicted molar refractivity (Wildman–Crippen MR) is 95.6 cm³/mol. The van der Waals surface area contributed by atoms with Crippen LogP contribution in [-0.4, -0.2) is 35.7 Å². The Kier molecular flexibility index (Phi) is 7.56. The second-order valence-electron chi connectivity index (χ2n) is 7.09. The van der Waals surface area contributed by atoms with E-state index in [0.717, 1.165) is 13.0 Å². The molecule has 4 heteroatoms. The molecule has 1 unspecified atom stereocenters. The minimum atomic E-state index is -0.465. The van der Waals surface area contributed by atoms with Gasteiger partial charge < -0.3 is 15.0 Å². The fourth-order valence-electron chi connectivity index (χ4n) is 2.42. The Bertz CT molecular complexity index is 466. The van der Waals surface area contributed by atoms with E-state index in [1.807, 2.05) is 40.7 Å². The maximum Gasteiger partial charge on any atom is 0.410 e. The third-order valence-corrected chi connectivity index (χ3v) is 3.60. The fraction of sp³-hybridized carbons (Fsp3) is 0.632. The summed E-state index contributed by atoms with van der Waals surface area (Å²) in [5, 5.41) is 3.54. The van der Waals surface area contributed by atoms with E-state index in [1.165, 1.54) is 5.56 Å². The van der Waals surface area contributed by atoms with E-state index in [9.17, 15) is 4.79 Å². The quantitative estimate of drug-likeness (QED) is 0.811. The summed E-state index contributed by atoms with van der Waals surface area (Å²) in [4.78, 5) is 14.1. The lowest BCUT2D eigenvalue weighted by Gasteiger charge is -2.30. The van der Waals surface area contributed by atoms with Crippen LogP contribution in [0.25, 0.3) is 0 Å². The fourth-order valence-corrected chi connectivity index (χ4v) is 2.42. The van der Waals surface area contributed by atoms with Crippen LogP contribution >= 0.6 is 0 Å². The van der Waals surface area contributed by atoms with E-state index in [-0.39, 0.29) is 12.1 Å². The van der Waals surface area contributed by atoms with Crippen LogP contribution in [0.4, 0.5) is 4.79 Å². The molecule has 0 fully saturated rings. The van der Waals surface area contributed by atoms with Gasteiger partial charge in [0.1, 0.15) is 5.60 Å². The molecule has 4 nitrogen and oxygen atoms in total. The number of hydrogen-bond donors (Lipinski definition) is 1. The molecule has 0 aliphatic rings. The van der Waals surface area contributed by atoms with Gasteiger partial charge in [0.25, 0.3) is 0 Å². The van der Waals surface area contributed by atoms with Crippen molar-refractivity contribution in [3.8, 4) is 0 Å². The molecule has 0 spiro atoms. The first-order chi connectivity index (χ1) is 10.7. The molecular formula is C19H32N2O2. The van der Waals surface area contributed by atoms with Gasteiger partial charge in [-0.2, -0.15) is 0 Å². The molecule has 0 bridgehead atoms. The number of carbonyl (C=O) groups is 1. The van der Waals surface area contributed by atoms with Crippen LogP contribution in [-0.2, 0) is 4.74 Å². The number of nitrogens with zero attached hydrogens (tertiary/aromatic N) is 1. The van der Waals surface area contributed by atoms with Crippen molar-refractivity contribution < 1.29 is 9.53 Å². The number of benzene rings is 1. The molecular weight excluding hydrogens is 288 g/mol. The normalized spacial score (nSPS) is 13.0. The molecule has 1 amide bonds. The van der Waals surface area contributed by atoms with Gasteiger partial charge in [0.15, 0.2) is 0 Å². The molecule has 0 radical (unpaired) electrons. The van der Waals surface area contributed by atoms with E-state index >= 15 is 0 Å². The minimum Gasteiger partial charge on any atom is -0.444 e. The first kappa shape index (κ1) is 19.5. The number of ether oxygens (including phenoxy) is 1. The minimum absolute atomic E-state index is 0.114. The zero-order valence-corrected chi connectivity index (χ0v) is 15.4. The number of carbonyl (C=O) groups excluding carboxylic acids is 1. The Morgan fingerprint density at radius 1 is 1.22 bits per heavy atom. The van der Waals surface area contributed by atoms with E-state index in [1.54, 1.807) is 4.90 Å². The van der Waals surface area contributed by atoms with Crippen molar-refractivity contribution in [3.05, 3.63) is 35.9 Å². The highest BCUT2D eigenvalue weighted by Crippen LogP contribution is 2.16. The maximum atomic E-state index is 12.3. The number of rotatable bonds is 7. The molecule has 1 aromatic carbocycles. The molecule has 1 rings (SSSR count). The predicted octanol–water partition coefficient (Wildman–Crippen LogP) is 4.37. The SMILES string of the molecule is CCC(NCCN(C(=O)OC(C)(C)C)C(C)C)c1ccccc1. The third-order valence-electron chi connectivity index (χ3n) is 3.60. The van der Waals surface area contributed by atoms with Crippen molar-refractivity contribution in [2.24, 2.45) is 0 Å². The molecule has 0 heterocycles. The number of amides is 1. The average molecular weight is 320 g/mol. The molecule has 130 valence electrons. The summed E-state index contributed by atoms with van der Waals surface area (Å²) < 4.78 is 5.49. The summed E-state index contributed by atoms with van der Waals surface area (Å²) in [6.45, 7) is 13.2. The molecule has 0 aliphatic carbocycles. The van der Waals surface area contributed by atoms with Crippen molar-refractivity contribution in [2.45, 2.75) is 65.6 Å². The molecule has 0 saturated carbocycles. The molecule has 1 atom stereocenters. The lowest BCUT2D eigenvalue weighted by molar-refractivity contribution is 0.0192. The van der Waals surface area contributed by atoms with Gasteiger partial charge in [0.2, 0.25) is 0 Å². The van der Waals surface area contributed by atoms with Gasteiger partial charge >= 0.3 is 6.09 Å². The lowest BCUT2D eigenvalue weighted by atomic mass is 10.0. The van der Waals surface area contributed by atoms with Gasteiger partial charge in [-0.3, -0.25) is 0 Å². The Labute approximate surface area is 141 Å². The zero-order chi connectivity index (χ0) is 17.5. The van der Waals surface area contributed by atoms with E-state index < -0.39 is 5.60 Å². The van der Waals surface area contributed by atoms with Crippen molar-refractivity contribution in [1.29, 1.82) is 0 Å². The van der Waals surface area contributed by atoms with Gasteiger partial charge in [-0.1, -0.05) is 37.3 Å². The highest BCUT2D eigenvalue weighted by Gasteiger charge is 2.24. The highest BCUT2D eigenvalue weighted by molar-refractivity contribution is 5.68. The Balaban J connectivity index is 2.57. The summed E-state index contributed by atoms with van der Waals surface area (Å²) in [6, 6.07) is 10.8. The second kappa shape index (κ2) is 8.92. The summed E-state index contributed by atoms with van der Waals surface area (Å²) in [5.41, 5.74) is 0.816. The molecule has 1 N–H and O–H groups in total. The molecule has 1 aromatic rings. The average Bonchev–Trinajstić information content (AvgIpc) is 2.46. The monoisotopic (exact) mass is 320 g/mol. The van der Waals surface area contributed by atoms with Crippen molar-refractivity contribution in [2.75, 3.05) is 13.1 Å². The van der Waals surface area contributed by atoms with Crippen LogP contribution < -0.4 is 5.32 Å². The van der Waals surface area contributed by atoms with Crippen molar-refractivity contribution in [1.82, 2.24) is 10.2 Å². The number of hydrogen-bond acceptors (Lipinski definition) is 3. The summed E-state index contributed by atoms with van der Waals surface area (Å²) in [5.74, 6) is 0. The summed E-state index contributed by atoms with van der Waals surface area (Å²) >= 11 is 0. The summed E-state index contributed by atoms with van der Waals surface area (Å²) in [6.07, 6.45) is 0.764. The van der Waals surface area contributed by atoms with Crippen LogP contribution in [0.5, 0.6) is 0 Å². The standard InChI is InChI=1S/C19H32N2O2/c1-7-17(16-11-9-8-10-12-16)20-13-14-21(15(2)3)18(22)23-19(4,5)6/h8-12,15,17,20H,7,13-14H2,1-6H3. The Hall–Kier alpha value is -1.55. The highest BCUT2D eigenvalue weighted by atomic mass is 16.6. The van der Waals surface area contributed by atoms with Crippen molar-refractivity contribution in [3.63, 3.8) is 0 Å². The smallest absolute Gasteiger partial charge is 0.410 e. The second-order valence-corrected chi connectivity index (χ2v) is 7.09. The molecule has 0 saturated heterocycles. The van der Waals surface area contributed by atoms with Gasteiger partial charge in [-0.05, 0) is 46.6 Å². The summed E-state index contributed by atoms with van der Waals surface area (Å²) in [7, 11) is 0. The van der Waals surface area contributed by atoms with Crippen LogP contribution in [0, 0.1) is 0 Å². The molecule has 0 aromatic heterocycles. The van der Waals surface area contributed by atoms with Crippen LogP contribution in [0.3, 0.4) is 0 Å². The van der Waals surface area contributed by atoms with Gasteiger partial charge in [-0.15, -0.1) is 0 Å². The molecule has 23 heavy (non-hydrogen) atoms. The zero-order valence-electron chi connectivity index (χ0n) is 15.4. The Morgan fingerprint density at radius 3 is 2.30 bits per heavy atom. The largest absolute Gasteiger partial charge is 0.444 e. The first-order valence-electron chi connectivity index (χ1n) is 8.52. The van der Waals surface area contributed by atoms with E-state index in [0.29, 0.717) is 12.6 Å². The lowest BCUT2D eigenvalue weighted by Crippen LogP contribution is -2.44. The number of nitrogens with one attached hydrogen (secondary N) is 1. The van der Waals surface area contributed by atoms with Gasteiger partial charge in [0.05, 0.1) is 0 Å². The topological polar surface area (TPSA) is 41.6 Å². The third kappa shape index (κ3) is 7.04. The first-order valence-corrected chi connectivity index (χ1v) is 8.52. The maximum absolute atomic E-state index is 12.3. The van der Waals surface area contributed by atoms with Gasteiger partial charge in [-0.25, -0.2) is 4.79 Å². The Morgan fingerprint density at radius 2 is 1.83 bits per heavy atom. The van der Waals surface area contributed by atoms with E-state index in [4.69, 9.17) is 4.74 Å². The van der Waals surface area contributed by atoms with Crippen LogP contribution in [0.2, 0.25) is 0 Å². The van der Waals surface area contributed by atoms with Crippen LogP contribution in [0.1, 0.15) is 59.6 Å².